The van der Waals surface area contributed by atoms with Crippen LogP contribution >= 0.6 is 0 Å². The van der Waals surface area contributed by atoms with Crippen LogP contribution in [0.5, 0.6) is 5.75 Å². The number of benzene rings is 3. The van der Waals surface area contributed by atoms with Gasteiger partial charge in [-0.1, -0.05) is 66.7 Å². The normalized spacial score (nSPS) is 12.0. The zero-order chi connectivity index (χ0) is 26.3. The molecule has 0 aliphatic rings. The number of nitrogens with zero attached hydrogens (tertiary/aromatic N) is 2. The van der Waals surface area contributed by atoms with E-state index in [-0.39, 0.29) is 12.5 Å². The Morgan fingerprint density at radius 2 is 1.67 bits per heavy atom. The van der Waals surface area contributed by atoms with Crippen LogP contribution in [0.1, 0.15) is 31.9 Å². The second kappa shape index (κ2) is 11.8. The molecule has 3 aromatic rings. The Labute approximate surface area is 214 Å². The van der Waals surface area contributed by atoms with Crippen molar-refractivity contribution in [3.8, 4) is 5.75 Å². The van der Waals surface area contributed by atoms with Crippen LogP contribution in [-0.4, -0.2) is 54.1 Å². The molecule has 0 aromatic heterocycles. The van der Waals surface area contributed by atoms with Crippen molar-refractivity contribution in [3.05, 3.63) is 90.5 Å². The molecule has 1 atom stereocenters. The average Bonchev–Trinajstić information content (AvgIpc) is 2.84. The SMILES string of the molecule is C=CCN(C(=O)OC(C)(C)C)[C@@H](Cc1ccc2ccccc2c1)C(=O)N(C)Cc1ccccc1OC. The van der Waals surface area contributed by atoms with Crippen LogP contribution in [0.4, 0.5) is 4.79 Å². The average molecular weight is 489 g/mol. The molecule has 0 unspecified atom stereocenters. The summed E-state index contributed by atoms with van der Waals surface area (Å²) in [6.45, 7) is 9.77. The number of carbonyl (C=O) groups excluding carboxylic acids is 2. The monoisotopic (exact) mass is 488 g/mol. The number of methoxy groups -OCH3 is 1. The summed E-state index contributed by atoms with van der Waals surface area (Å²) in [5, 5.41) is 2.20. The van der Waals surface area contributed by atoms with Gasteiger partial charge in [-0.2, -0.15) is 0 Å². The van der Waals surface area contributed by atoms with E-state index in [4.69, 9.17) is 9.47 Å². The standard InChI is InChI=1S/C30H36N2O4/c1-7-18-32(29(34)36-30(2,3)4)26(20-22-16-17-23-12-8-9-13-24(23)19-22)28(33)31(5)21-25-14-10-11-15-27(25)35-6/h7-17,19,26H,1,18,20-21H2,2-6H3/t26-/m0/s1. The van der Waals surface area contributed by atoms with Gasteiger partial charge >= 0.3 is 6.09 Å². The second-order valence-electron chi connectivity index (χ2n) is 9.83. The summed E-state index contributed by atoms with van der Waals surface area (Å²) < 4.78 is 11.1. The summed E-state index contributed by atoms with van der Waals surface area (Å²) in [6, 6.07) is 21.0. The molecule has 0 saturated heterocycles. The molecule has 3 rings (SSSR count). The van der Waals surface area contributed by atoms with Crippen molar-refractivity contribution < 1.29 is 19.1 Å². The van der Waals surface area contributed by atoms with Crippen molar-refractivity contribution in [2.75, 3.05) is 20.7 Å². The molecule has 0 heterocycles. The largest absolute Gasteiger partial charge is 0.496 e. The quantitative estimate of drug-likeness (QED) is 0.355. The van der Waals surface area contributed by atoms with E-state index < -0.39 is 17.7 Å². The fraction of sp³-hybridized carbons (Fsp3) is 0.333. The number of rotatable bonds is 9. The predicted molar refractivity (Wildman–Crippen MR) is 144 cm³/mol. The molecule has 0 radical (unpaired) electrons. The summed E-state index contributed by atoms with van der Waals surface area (Å²) in [7, 11) is 3.35. The maximum atomic E-state index is 13.9. The van der Waals surface area contributed by atoms with Crippen LogP contribution in [0.2, 0.25) is 0 Å². The molecule has 0 saturated carbocycles. The van der Waals surface area contributed by atoms with Crippen LogP contribution < -0.4 is 4.74 Å². The highest BCUT2D eigenvalue weighted by atomic mass is 16.6. The lowest BCUT2D eigenvalue weighted by Gasteiger charge is -2.34. The summed E-state index contributed by atoms with van der Waals surface area (Å²) in [6.07, 6.45) is 1.41. The lowest BCUT2D eigenvalue weighted by Crippen LogP contribution is -2.52. The van der Waals surface area contributed by atoms with Crippen LogP contribution in [0.15, 0.2) is 79.4 Å². The van der Waals surface area contributed by atoms with Gasteiger partial charge in [0.2, 0.25) is 5.91 Å². The van der Waals surface area contributed by atoms with Crippen molar-refractivity contribution in [2.45, 2.75) is 45.4 Å². The Balaban J connectivity index is 1.96. The van der Waals surface area contributed by atoms with E-state index in [1.54, 1.807) is 25.1 Å². The smallest absolute Gasteiger partial charge is 0.411 e. The number of carbonyl (C=O) groups is 2. The van der Waals surface area contributed by atoms with Crippen LogP contribution in [0, 0.1) is 0 Å². The minimum atomic E-state index is -0.779. The lowest BCUT2D eigenvalue weighted by atomic mass is 9.99. The molecule has 36 heavy (non-hydrogen) atoms. The molecule has 190 valence electrons. The first-order valence-electron chi connectivity index (χ1n) is 12.1. The van der Waals surface area contributed by atoms with Crippen molar-refractivity contribution in [2.24, 2.45) is 0 Å². The first kappa shape index (κ1) is 26.8. The van der Waals surface area contributed by atoms with Gasteiger partial charge in [-0.25, -0.2) is 4.79 Å². The van der Waals surface area contributed by atoms with Crippen molar-refractivity contribution in [1.82, 2.24) is 9.80 Å². The Morgan fingerprint density at radius 3 is 2.33 bits per heavy atom. The van der Waals surface area contributed by atoms with Gasteiger partial charge in [0.1, 0.15) is 17.4 Å². The van der Waals surface area contributed by atoms with Crippen molar-refractivity contribution in [3.63, 3.8) is 0 Å². The highest BCUT2D eigenvalue weighted by Crippen LogP contribution is 2.23. The summed E-state index contributed by atoms with van der Waals surface area (Å²) in [5.74, 6) is 0.514. The lowest BCUT2D eigenvalue weighted by molar-refractivity contribution is -0.136. The molecular weight excluding hydrogens is 452 g/mol. The summed E-state index contributed by atoms with van der Waals surface area (Å²) >= 11 is 0. The number of ether oxygens (including phenoxy) is 2. The molecular formula is C30H36N2O4. The van der Waals surface area contributed by atoms with E-state index in [0.29, 0.717) is 18.7 Å². The van der Waals surface area contributed by atoms with Gasteiger partial charge in [0, 0.05) is 32.1 Å². The van der Waals surface area contributed by atoms with Crippen molar-refractivity contribution >= 4 is 22.8 Å². The van der Waals surface area contributed by atoms with E-state index in [1.165, 1.54) is 4.90 Å². The fourth-order valence-electron chi connectivity index (χ4n) is 4.13. The Bertz CT molecular complexity index is 1210. The van der Waals surface area contributed by atoms with E-state index in [0.717, 1.165) is 21.9 Å². The Morgan fingerprint density at radius 1 is 1.00 bits per heavy atom. The minimum Gasteiger partial charge on any atom is -0.496 e. The number of amides is 2. The minimum absolute atomic E-state index is 0.182. The zero-order valence-corrected chi connectivity index (χ0v) is 21.9. The van der Waals surface area contributed by atoms with E-state index in [1.807, 2.05) is 81.4 Å². The van der Waals surface area contributed by atoms with Crippen LogP contribution in [0.25, 0.3) is 10.8 Å². The molecule has 0 N–H and O–H groups in total. The number of fused-ring (bicyclic) bond motifs is 1. The van der Waals surface area contributed by atoms with Gasteiger partial charge in [-0.15, -0.1) is 6.58 Å². The number of hydrogen-bond acceptors (Lipinski definition) is 4. The highest BCUT2D eigenvalue weighted by molar-refractivity contribution is 5.87. The fourth-order valence-corrected chi connectivity index (χ4v) is 4.13. The topological polar surface area (TPSA) is 59.1 Å². The van der Waals surface area contributed by atoms with Crippen molar-refractivity contribution in [1.29, 1.82) is 0 Å². The molecule has 0 bridgehead atoms. The van der Waals surface area contributed by atoms with Gasteiger partial charge in [-0.3, -0.25) is 9.69 Å². The van der Waals surface area contributed by atoms with Gasteiger partial charge in [0.05, 0.1) is 7.11 Å². The molecule has 0 aliphatic heterocycles. The van der Waals surface area contributed by atoms with E-state index in [2.05, 4.69) is 12.6 Å². The molecule has 0 fully saturated rings. The molecule has 6 nitrogen and oxygen atoms in total. The molecule has 6 heteroatoms. The number of hydrogen-bond donors (Lipinski definition) is 0. The maximum Gasteiger partial charge on any atom is 0.411 e. The first-order valence-corrected chi connectivity index (χ1v) is 12.1. The molecule has 3 aromatic carbocycles. The molecule has 2 amide bonds. The highest BCUT2D eigenvalue weighted by Gasteiger charge is 2.34. The first-order chi connectivity index (χ1) is 17.1. The van der Waals surface area contributed by atoms with Crippen LogP contribution in [0.3, 0.4) is 0 Å². The third-order valence-electron chi connectivity index (χ3n) is 5.83. The van der Waals surface area contributed by atoms with Gasteiger partial charge in [0.15, 0.2) is 0 Å². The van der Waals surface area contributed by atoms with Crippen LogP contribution in [-0.2, 0) is 22.5 Å². The Hall–Kier alpha value is -3.80. The molecule has 0 aliphatic carbocycles. The second-order valence-corrected chi connectivity index (χ2v) is 9.83. The number of likely N-dealkylation sites (N-methyl/N-ethyl adjacent to an activating group) is 1. The summed E-state index contributed by atoms with van der Waals surface area (Å²) in [4.78, 5) is 30.2. The summed E-state index contributed by atoms with van der Waals surface area (Å²) in [5.41, 5.74) is 1.14. The van der Waals surface area contributed by atoms with E-state index >= 15 is 0 Å². The van der Waals surface area contributed by atoms with Gasteiger partial charge < -0.3 is 14.4 Å². The van der Waals surface area contributed by atoms with Gasteiger partial charge in [0.25, 0.3) is 0 Å². The maximum absolute atomic E-state index is 13.9. The van der Waals surface area contributed by atoms with E-state index in [9.17, 15) is 9.59 Å². The zero-order valence-electron chi connectivity index (χ0n) is 21.9. The third-order valence-corrected chi connectivity index (χ3v) is 5.83. The Kier molecular flexibility index (Phi) is 8.75. The third kappa shape index (κ3) is 6.87. The molecule has 0 spiro atoms. The predicted octanol–water partition coefficient (Wildman–Crippen LogP) is 5.84. The number of para-hydroxylation sites is 1. The van der Waals surface area contributed by atoms with Gasteiger partial charge in [-0.05, 0) is 43.2 Å².